The van der Waals surface area contributed by atoms with Crippen molar-refractivity contribution in [1.29, 1.82) is 0 Å². The van der Waals surface area contributed by atoms with Crippen LogP contribution in [0.15, 0.2) is 21.5 Å². The summed E-state index contributed by atoms with van der Waals surface area (Å²) in [5.74, 6) is 3.39. The van der Waals surface area contributed by atoms with Crippen LogP contribution in [0.3, 0.4) is 0 Å². The van der Waals surface area contributed by atoms with Crippen molar-refractivity contribution in [2.45, 2.75) is 209 Å². The van der Waals surface area contributed by atoms with Crippen molar-refractivity contribution in [2.24, 2.45) is 23.7 Å². The predicted molar refractivity (Wildman–Crippen MR) is 215 cm³/mol. The first-order valence-corrected chi connectivity index (χ1v) is 22.3. The lowest BCUT2D eigenvalue weighted by Crippen LogP contribution is -2.05. The highest BCUT2D eigenvalue weighted by Gasteiger charge is 2.13. The Kier molecular flexibility index (Phi) is 27.7. The first-order valence-electron chi connectivity index (χ1n) is 20.4. The molecule has 0 unspecified atom stereocenters. The minimum atomic E-state index is 0.847. The van der Waals surface area contributed by atoms with E-state index in [1.165, 1.54) is 154 Å². The zero-order valence-corrected chi connectivity index (χ0v) is 34.0. The average Bonchev–Trinajstić information content (AvgIpc) is 3.66. The second-order valence-electron chi connectivity index (χ2n) is 15.5. The summed E-state index contributed by atoms with van der Waals surface area (Å²) in [6.07, 6.45) is 33.2. The Morgan fingerprint density at radius 3 is 0.761 bits per heavy atom. The van der Waals surface area contributed by atoms with Gasteiger partial charge in [0.2, 0.25) is 0 Å². The van der Waals surface area contributed by atoms with Crippen molar-refractivity contribution in [1.82, 2.24) is 0 Å². The lowest BCUT2D eigenvalue weighted by atomic mass is 9.90. The largest absolute Gasteiger partial charge is 0.152 e. The molecule has 2 heterocycles. The molecule has 0 spiro atoms. The van der Waals surface area contributed by atoms with Crippen LogP contribution in [0.5, 0.6) is 0 Å². The average molecular weight is 673 g/mol. The number of thiophene rings is 2. The third kappa shape index (κ3) is 22.1. The molecule has 46 heavy (non-hydrogen) atoms. The Hall–Kier alpha value is -0.600. The van der Waals surface area contributed by atoms with Crippen molar-refractivity contribution >= 4 is 22.7 Å². The van der Waals surface area contributed by atoms with Crippen LogP contribution < -0.4 is 0 Å². The quantitative estimate of drug-likeness (QED) is 0.0789. The van der Waals surface area contributed by atoms with Gasteiger partial charge in [-0.2, -0.15) is 22.7 Å². The van der Waals surface area contributed by atoms with E-state index in [2.05, 4.69) is 76.9 Å². The molecule has 0 aromatic carbocycles. The van der Waals surface area contributed by atoms with Crippen LogP contribution >= 0.6 is 22.7 Å². The molecule has 0 radical (unpaired) electrons. The predicted octanol–water partition coefficient (Wildman–Crippen LogP) is 16.1. The Balaban J connectivity index is 0.000000460. The van der Waals surface area contributed by atoms with Crippen molar-refractivity contribution in [2.75, 3.05) is 0 Å². The van der Waals surface area contributed by atoms with E-state index in [1.807, 2.05) is 22.7 Å². The van der Waals surface area contributed by atoms with Crippen LogP contribution in [-0.2, 0) is 25.7 Å². The highest BCUT2D eigenvalue weighted by atomic mass is 32.1. The minimum Gasteiger partial charge on any atom is -0.152 e. The lowest BCUT2D eigenvalue weighted by molar-refractivity contribution is 0.474. The molecule has 0 amide bonds. The fraction of sp³-hybridized carbons (Fsp3) is 0.818. The molecule has 0 bridgehead atoms. The molecule has 4 atom stereocenters. The number of hydrogen-bond acceptors (Lipinski definition) is 2. The molecular weight excluding hydrogens is 593 g/mol. The van der Waals surface area contributed by atoms with Crippen LogP contribution in [0.2, 0.25) is 0 Å². The molecule has 0 aliphatic carbocycles. The summed E-state index contributed by atoms with van der Waals surface area (Å²) in [5.41, 5.74) is 6.61. The van der Waals surface area contributed by atoms with Crippen molar-refractivity contribution < 1.29 is 0 Å². The highest BCUT2D eigenvalue weighted by molar-refractivity contribution is 7.08. The Morgan fingerprint density at radius 1 is 0.348 bits per heavy atom. The second kappa shape index (κ2) is 29.3. The van der Waals surface area contributed by atoms with Crippen LogP contribution in [0.1, 0.15) is 206 Å². The summed E-state index contributed by atoms with van der Waals surface area (Å²) in [4.78, 5) is 0. The maximum Gasteiger partial charge on any atom is -0.00583 e. The summed E-state index contributed by atoms with van der Waals surface area (Å²) in [7, 11) is 0. The third-order valence-electron chi connectivity index (χ3n) is 10.1. The van der Waals surface area contributed by atoms with E-state index in [0.29, 0.717) is 0 Å². The van der Waals surface area contributed by atoms with E-state index in [1.54, 1.807) is 22.3 Å². The molecule has 268 valence electrons. The van der Waals surface area contributed by atoms with Gasteiger partial charge in [-0.05, 0) is 93.1 Å². The topological polar surface area (TPSA) is 0 Å². The van der Waals surface area contributed by atoms with Gasteiger partial charge in [0, 0.05) is 0 Å². The van der Waals surface area contributed by atoms with Gasteiger partial charge in [0.05, 0.1) is 0 Å². The van der Waals surface area contributed by atoms with E-state index in [-0.39, 0.29) is 0 Å². The molecule has 0 nitrogen and oxygen atoms in total. The fourth-order valence-electron chi connectivity index (χ4n) is 7.00. The van der Waals surface area contributed by atoms with Crippen LogP contribution in [0.4, 0.5) is 0 Å². The molecule has 0 aliphatic heterocycles. The molecule has 2 heteroatoms. The molecule has 0 N–H and O–H groups in total. The smallest absolute Gasteiger partial charge is 0.00583 e. The van der Waals surface area contributed by atoms with Crippen molar-refractivity contribution in [3.05, 3.63) is 43.8 Å². The van der Waals surface area contributed by atoms with E-state index < -0.39 is 0 Å². The molecule has 0 saturated carbocycles. The second-order valence-corrected chi connectivity index (χ2v) is 17.0. The Bertz CT molecular complexity index is 763. The minimum absolute atomic E-state index is 0.847. The summed E-state index contributed by atoms with van der Waals surface area (Å²) in [5, 5.41) is 9.67. The molecule has 2 aromatic rings. The van der Waals surface area contributed by atoms with Crippen LogP contribution in [0, 0.1) is 23.7 Å². The molecule has 2 rings (SSSR count). The van der Waals surface area contributed by atoms with Crippen molar-refractivity contribution in [3.8, 4) is 0 Å². The van der Waals surface area contributed by atoms with Gasteiger partial charge in [0.1, 0.15) is 0 Å². The van der Waals surface area contributed by atoms with E-state index in [0.717, 1.165) is 23.7 Å². The molecule has 0 aliphatic rings. The Morgan fingerprint density at radius 2 is 0.565 bits per heavy atom. The van der Waals surface area contributed by atoms with Gasteiger partial charge in [0.25, 0.3) is 0 Å². The van der Waals surface area contributed by atoms with Gasteiger partial charge in [-0.15, -0.1) is 0 Å². The normalized spacial score (nSPS) is 14.1. The molecule has 0 fully saturated rings. The fourth-order valence-corrected chi connectivity index (χ4v) is 8.79. The summed E-state index contributed by atoms with van der Waals surface area (Å²) in [6, 6.07) is 0. The number of hydrogen-bond donors (Lipinski definition) is 0. The summed E-state index contributed by atoms with van der Waals surface area (Å²) in [6.45, 7) is 19.0. The summed E-state index contributed by atoms with van der Waals surface area (Å²) < 4.78 is 0. The van der Waals surface area contributed by atoms with Crippen molar-refractivity contribution in [3.63, 3.8) is 0 Å². The number of rotatable bonds is 28. The monoisotopic (exact) mass is 673 g/mol. The zero-order chi connectivity index (χ0) is 33.8. The van der Waals surface area contributed by atoms with Gasteiger partial charge >= 0.3 is 0 Å². The van der Waals surface area contributed by atoms with Gasteiger partial charge in [0.15, 0.2) is 0 Å². The molecular formula is C44H80S2. The first kappa shape index (κ1) is 43.4. The van der Waals surface area contributed by atoms with Crippen LogP contribution in [0.25, 0.3) is 0 Å². The standard InChI is InChI=1S/2C22H40S/c2*1-5-7-9-11-13-19(3)15-21-17-23-18-22(21)16-20(4)14-12-10-8-6-2/h2*17-20H,5-16H2,1-4H3/t2*19-,20-/m10/s1. The molecule has 0 saturated heterocycles. The van der Waals surface area contributed by atoms with Gasteiger partial charge in [-0.3, -0.25) is 0 Å². The van der Waals surface area contributed by atoms with E-state index >= 15 is 0 Å². The molecule has 2 aromatic heterocycles. The SMILES string of the molecule is CCCCCC[C@@H](C)Cc1cscc1C[C@H](C)CCCCCC.CCCCCC[C@H](C)Cc1cscc1C[C@@H](C)CCCCCC. The van der Waals surface area contributed by atoms with Crippen LogP contribution in [-0.4, -0.2) is 0 Å². The first-order chi connectivity index (χ1) is 22.3. The highest BCUT2D eigenvalue weighted by Crippen LogP contribution is 2.27. The van der Waals surface area contributed by atoms with Gasteiger partial charge in [-0.1, -0.05) is 184 Å². The Labute approximate surface area is 298 Å². The van der Waals surface area contributed by atoms with Gasteiger partial charge in [-0.25, -0.2) is 0 Å². The van der Waals surface area contributed by atoms with E-state index in [4.69, 9.17) is 0 Å². The van der Waals surface area contributed by atoms with Gasteiger partial charge < -0.3 is 0 Å². The maximum atomic E-state index is 2.45. The van der Waals surface area contributed by atoms with E-state index in [9.17, 15) is 0 Å². The third-order valence-corrected chi connectivity index (χ3v) is 11.8. The zero-order valence-electron chi connectivity index (χ0n) is 32.4. The number of unbranched alkanes of at least 4 members (excludes halogenated alkanes) is 12. The maximum absolute atomic E-state index is 2.45. The lowest BCUT2D eigenvalue weighted by Gasteiger charge is -2.15. The summed E-state index contributed by atoms with van der Waals surface area (Å²) >= 11 is 3.83.